The van der Waals surface area contributed by atoms with E-state index in [0.29, 0.717) is 36.4 Å². The summed E-state index contributed by atoms with van der Waals surface area (Å²) in [6, 6.07) is 0. The molecule has 6 aliphatic rings. The van der Waals surface area contributed by atoms with Gasteiger partial charge in [0.2, 0.25) is 0 Å². The van der Waals surface area contributed by atoms with Crippen LogP contribution in [0.1, 0.15) is 132 Å². The van der Waals surface area contributed by atoms with Gasteiger partial charge in [0, 0.05) is 12.8 Å². The molecule has 0 heterocycles. The molecule has 0 aliphatic heterocycles. The van der Waals surface area contributed by atoms with Crippen LogP contribution in [0.15, 0.2) is 11.1 Å². The van der Waals surface area contributed by atoms with Crippen LogP contribution < -0.4 is 0 Å². The van der Waals surface area contributed by atoms with E-state index >= 15 is 0 Å². The third-order valence-corrected chi connectivity index (χ3v) is 14.4. The van der Waals surface area contributed by atoms with E-state index in [1.807, 2.05) is 0 Å². The quantitative estimate of drug-likeness (QED) is 0.397. The van der Waals surface area contributed by atoms with Crippen molar-refractivity contribution in [3.63, 3.8) is 0 Å². The predicted octanol–water partition coefficient (Wildman–Crippen LogP) is 8.09. The minimum atomic E-state index is -0.503. The van der Waals surface area contributed by atoms with Crippen LogP contribution in [0.3, 0.4) is 0 Å². The maximum atomic E-state index is 14.1. The number of Topliss-reactive ketones (excluding diaryl/α,β-unsaturated/α-hetero) is 2. The molecule has 38 heavy (non-hydrogen) atoms. The summed E-state index contributed by atoms with van der Waals surface area (Å²) in [4.78, 5) is 27.8. The van der Waals surface area contributed by atoms with Crippen LogP contribution in [-0.2, 0) is 9.59 Å². The molecule has 0 aromatic heterocycles. The lowest BCUT2D eigenvalue weighted by Gasteiger charge is -2.72. The van der Waals surface area contributed by atoms with E-state index in [1.54, 1.807) is 0 Å². The number of rotatable bonds is 5. The Labute approximate surface area is 232 Å². The Morgan fingerprint density at radius 1 is 0.868 bits per heavy atom. The largest absolute Gasteiger partial charge is 0.393 e. The summed E-state index contributed by atoms with van der Waals surface area (Å²) in [6.45, 7) is 16.8. The second-order valence-corrected chi connectivity index (χ2v) is 16.6. The number of aliphatic hydroxyl groups is 1. The van der Waals surface area contributed by atoms with Gasteiger partial charge in [0.15, 0.2) is 5.78 Å². The van der Waals surface area contributed by atoms with E-state index < -0.39 is 5.41 Å². The van der Waals surface area contributed by atoms with Crippen molar-refractivity contribution < 1.29 is 14.7 Å². The van der Waals surface area contributed by atoms with Crippen LogP contribution >= 0.6 is 0 Å². The standard InChI is InChI=1S/C35H54O3/c1-21(2)29-24(36)20-35(28(38)13-10-22-8-9-22)19-18-33(6)23(30(29)35)11-12-26-32(5)16-15-27(37)31(3,4)25(32)14-17-34(26,33)7/h21-23,25-27,37H,8-20H2,1-7H3/t23-,25+,26-,27+,32+,33-,34-,35+/m1/s1. The van der Waals surface area contributed by atoms with Gasteiger partial charge in [-0.15, -0.1) is 0 Å². The molecular formula is C35H54O3. The zero-order chi connectivity index (χ0) is 27.5. The topological polar surface area (TPSA) is 54.4 Å². The van der Waals surface area contributed by atoms with Crippen LogP contribution in [0.4, 0.5) is 0 Å². The Morgan fingerprint density at radius 2 is 1.58 bits per heavy atom. The zero-order valence-electron chi connectivity index (χ0n) is 25.4. The molecule has 3 heteroatoms. The van der Waals surface area contributed by atoms with E-state index in [9.17, 15) is 14.7 Å². The SMILES string of the molecule is CC(C)C1=C2[C@H]3CC[C@@H]4[C@@]5(C)CC[C@H](O)C(C)(C)[C@@H]5CC[C@@]4(C)[C@]3(C)CC[C@@]2(C(=O)CCC2CC2)CC1=O. The number of hydrogen-bond donors (Lipinski definition) is 1. The van der Waals surface area contributed by atoms with E-state index in [2.05, 4.69) is 48.5 Å². The summed E-state index contributed by atoms with van der Waals surface area (Å²) in [7, 11) is 0. The highest BCUT2D eigenvalue weighted by molar-refractivity contribution is 6.07. The van der Waals surface area contributed by atoms with Gasteiger partial charge in [-0.1, -0.05) is 61.3 Å². The number of ketones is 2. The molecule has 212 valence electrons. The van der Waals surface area contributed by atoms with Gasteiger partial charge in [-0.05, 0) is 120 Å². The second-order valence-electron chi connectivity index (χ2n) is 16.6. The minimum Gasteiger partial charge on any atom is -0.393 e. The molecule has 6 aliphatic carbocycles. The second kappa shape index (κ2) is 8.53. The van der Waals surface area contributed by atoms with Gasteiger partial charge in [-0.2, -0.15) is 0 Å². The summed E-state index contributed by atoms with van der Waals surface area (Å²) < 4.78 is 0. The average Bonchev–Trinajstić information content (AvgIpc) is 3.61. The third-order valence-electron chi connectivity index (χ3n) is 14.4. The number of allylic oxidation sites excluding steroid dienone is 2. The van der Waals surface area contributed by atoms with Crippen LogP contribution in [0.25, 0.3) is 0 Å². The van der Waals surface area contributed by atoms with Crippen LogP contribution in [-0.4, -0.2) is 22.8 Å². The molecule has 0 radical (unpaired) electrons. The van der Waals surface area contributed by atoms with Crippen molar-refractivity contribution in [1.29, 1.82) is 0 Å². The molecule has 5 saturated carbocycles. The Hall–Kier alpha value is -0.960. The minimum absolute atomic E-state index is 0.0347. The first-order chi connectivity index (χ1) is 17.7. The summed E-state index contributed by atoms with van der Waals surface area (Å²) in [5.41, 5.74) is 2.40. The van der Waals surface area contributed by atoms with Crippen LogP contribution in [0.2, 0.25) is 0 Å². The van der Waals surface area contributed by atoms with Crippen LogP contribution in [0.5, 0.6) is 0 Å². The molecule has 0 amide bonds. The lowest BCUT2D eigenvalue weighted by molar-refractivity contribution is -0.228. The Bertz CT molecular complexity index is 1060. The van der Waals surface area contributed by atoms with Crippen LogP contribution in [0, 0.1) is 56.7 Å². The molecule has 3 nitrogen and oxygen atoms in total. The molecule has 0 unspecified atom stereocenters. The summed E-state index contributed by atoms with van der Waals surface area (Å²) in [5, 5.41) is 11.0. The molecule has 0 aromatic rings. The highest BCUT2D eigenvalue weighted by atomic mass is 16.3. The first-order valence-electron chi connectivity index (χ1n) is 16.2. The van der Waals surface area contributed by atoms with Crippen molar-refractivity contribution >= 4 is 11.6 Å². The highest BCUT2D eigenvalue weighted by Crippen LogP contribution is 2.76. The molecule has 5 fully saturated rings. The smallest absolute Gasteiger partial charge is 0.160 e. The van der Waals surface area contributed by atoms with Gasteiger partial charge >= 0.3 is 0 Å². The lowest BCUT2D eigenvalue weighted by Crippen LogP contribution is -2.65. The first kappa shape index (κ1) is 27.2. The summed E-state index contributed by atoms with van der Waals surface area (Å²) in [5.74, 6) is 3.18. The van der Waals surface area contributed by atoms with Crippen molar-refractivity contribution in [3.05, 3.63) is 11.1 Å². The number of aliphatic hydroxyl groups excluding tert-OH is 1. The van der Waals surface area contributed by atoms with E-state index in [1.165, 1.54) is 37.7 Å². The summed E-state index contributed by atoms with van der Waals surface area (Å²) in [6.07, 6.45) is 13.3. The van der Waals surface area contributed by atoms with Gasteiger partial charge in [-0.25, -0.2) is 0 Å². The van der Waals surface area contributed by atoms with Crippen molar-refractivity contribution in [2.75, 3.05) is 0 Å². The van der Waals surface area contributed by atoms with Crippen molar-refractivity contribution in [2.45, 2.75) is 138 Å². The van der Waals surface area contributed by atoms with E-state index in [0.717, 1.165) is 50.0 Å². The fraction of sp³-hybridized carbons (Fsp3) is 0.886. The molecule has 1 N–H and O–H groups in total. The lowest BCUT2D eigenvalue weighted by atomic mass is 9.33. The van der Waals surface area contributed by atoms with Crippen molar-refractivity contribution in [1.82, 2.24) is 0 Å². The molecule has 0 aromatic carbocycles. The number of carbonyl (C=O) groups excluding carboxylic acids is 2. The highest BCUT2D eigenvalue weighted by Gasteiger charge is 2.70. The van der Waals surface area contributed by atoms with Gasteiger partial charge in [0.05, 0.1) is 11.5 Å². The third kappa shape index (κ3) is 3.41. The Morgan fingerprint density at radius 3 is 2.24 bits per heavy atom. The van der Waals surface area contributed by atoms with E-state index in [-0.39, 0.29) is 39.5 Å². The predicted molar refractivity (Wildman–Crippen MR) is 152 cm³/mol. The first-order valence-corrected chi connectivity index (χ1v) is 16.2. The average molecular weight is 523 g/mol. The maximum absolute atomic E-state index is 14.1. The molecular weight excluding hydrogens is 468 g/mol. The molecule has 0 saturated heterocycles. The normalized spacial score (nSPS) is 47.9. The fourth-order valence-electron chi connectivity index (χ4n) is 11.9. The van der Waals surface area contributed by atoms with E-state index in [4.69, 9.17) is 0 Å². The Kier molecular flexibility index (Phi) is 6.11. The molecule has 0 bridgehead atoms. The van der Waals surface area contributed by atoms with Gasteiger partial charge in [0.1, 0.15) is 5.78 Å². The monoisotopic (exact) mass is 522 g/mol. The fourth-order valence-corrected chi connectivity index (χ4v) is 11.9. The number of hydrogen-bond acceptors (Lipinski definition) is 3. The van der Waals surface area contributed by atoms with Crippen molar-refractivity contribution in [3.8, 4) is 0 Å². The Balaban J connectivity index is 1.41. The number of fused-ring (bicyclic) bond motifs is 7. The zero-order valence-corrected chi connectivity index (χ0v) is 25.4. The summed E-state index contributed by atoms with van der Waals surface area (Å²) >= 11 is 0. The van der Waals surface area contributed by atoms with Gasteiger partial charge < -0.3 is 5.11 Å². The molecule has 0 spiro atoms. The van der Waals surface area contributed by atoms with Gasteiger partial charge in [0.25, 0.3) is 0 Å². The maximum Gasteiger partial charge on any atom is 0.160 e. The molecule has 6 rings (SSSR count). The van der Waals surface area contributed by atoms with Gasteiger partial charge in [-0.3, -0.25) is 9.59 Å². The molecule has 8 atom stereocenters. The van der Waals surface area contributed by atoms with Crippen molar-refractivity contribution in [2.24, 2.45) is 56.7 Å². The number of carbonyl (C=O) groups is 2.